The van der Waals surface area contributed by atoms with Gasteiger partial charge >= 0.3 is 18.1 Å². The molecule has 0 aliphatic carbocycles. The highest BCUT2D eigenvalue weighted by molar-refractivity contribution is 5.83. The van der Waals surface area contributed by atoms with E-state index in [1.54, 1.807) is 6.92 Å². The summed E-state index contributed by atoms with van der Waals surface area (Å²) in [4.78, 5) is 22.8. The zero-order valence-electron chi connectivity index (χ0n) is 13.4. The largest absolute Gasteiger partial charge is 0.507 e. The molecule has 0 aromatic heterocycles. The summed E-state index contributed by atoms with van der Waals surface area (Å²) in [5.74, 6) is -3.92. The van der Waals surface area contributed by atoms with Crippen LogP contribution in [-0.2, 0) is 24.7 Å². The number of hydrogen-bond donors (Lipinski definition) is 2. The normalized spacial score (nSPS) is 13.7. The van der Waals surface area contributed by atoms with Crippen molar-refractivity contribution in [3.8, 4) is 11.5 Å². The Labute approximate surface area is 140 Å². The molecule has 0 fully saturated rings. The Hall–Kier alpha value is -2.49. The average molecular weight is 366 g/mol. The molecule has 0 heterocycles. The maximum Gasteiger partial charge on any atom is 0.432 e. The van der Waals surface area contributed by atoms with Crippen molar-refractivity contribution >= 4 is 11.9 Å². The maximum absolute atomic E-state index is 13.2. The molecule has 140 valence electrons. The van der Waals surface area contributed by atoms with Crippen LogP contribution >= 0.6 is 0 Å². The van der Waals surface area contributed by atoms with Crippen LogP contribution in [0.3, 0.4) is 0 Å². The van der Waals surface area contributed by atoms with Gasteiger partial charge in [-0.15, -0.1) is 0 Å². The quantitative estimate of drug-likeness (QED) is 0.708. The van der Waals surface area contributed by atoms with Crippen LogP contribution in [-0.4, -0.2) is 48.1 Å². The number of carbonyl (C=O) groups is 2. The van der Waals surface area contributed by atoms with Crippen molar-refractivity contribution in [2.75, 3.05) is 19.8 Å². The Bertz CT molecular complexity index is 630. The summed E-state index contributed by atoms with van der Waals surface area (Å²) in [5, 5.41) is 19.7. The van der Waals surface area contributed by atoms with Crippen LogP contribution in [0.1, 0.15) is 19.4 Å². The van der Waals surface area contributed by atoms with E-state index in [4.69, 9.17) is 4.74 Å². The van der Waals surface area contributed by atoms with Gasteiger partial charge in [0, 0.05) is 11.6 Å². The van der Waals surface area contributed by atoms with E-state index in [2.05, 4.69) is 9.47 Å². The molecule has 10 heteroatoms. The molecule has 7 nitrogen and oxygen atoms in total. The Balaban J connectivity index is 3.14. The molecule has 0 saturated carbocycles. The number of ether oxygens (including phenoxy) is 3. The van der Waals surface area contributed by atoms with Gasteiger partial charge in [0.25, 0.3) is 5.60 Å². The average Bonchev–Trinajstić information content (AvgIpc) is 2.51. The number of carbonyl (C=O) groups excluding carboxylic acids is 2. The summed E-state index contributed by atoms with van der Waals surface area (Å²) >= 11 is 0. The van der Waals surface area contributed by atoms with E-state index in [-0.39, 0.29) is 12.4 Å². The van der Waals surface area contributed by atoms with Gasteiger partial charge in [-0.25, -0.2) is 9.59 Å². The van der Waals surface area contributed by atoms with Crippen molar-refractivity contribution in [1.82, 2.24) is 0 Å². The summed E-state index contributed by atoms with van der Waals surface area (Å²) in [7, 11) is 0. The lowest BCUT2D eigenvalue weighted by atomic mass is 9.92. The Morgan fingerprint density at radius 2 is 1.72 bits per heavy atom. The highest BCUT2D eigenvalue weighted by atomic mass is 19.4. The molecule has 0 saturated heterocycles. The highest BCUT2D eigenvalue weighted by Gasteiger charge is 2.63. The van der Waals surface area contributed by atoms with Crippen molar-refractivity contribution in [2.24, 2.45) is 0 Å². The third-order valence-electron chi connectivity index (χ3n) is 3.00. The topological polar surface area (TPSA) is 102 Å². The summed E-state index contributed by atoms with van der Waals surface area (Å²) in [6.45, 7) is 2.02. The first-order chi connectivity index (χ1) is 11.6. The van der Waals surface area contributed by atoms with Crippen molar-refractivity contribution in [3.63, 3.8) is 0 Å². The van der Waals surface area contributed by atoms with Crippen LogP contribution in [0.25, 0.3) is 0 Å². The zero-order chi connectivity index (χ0) is 19.3. The third kappa shape index (κ3) is 4.53. The number of esters is 2. The van der Waals surface area contributed by atoms with Gasteiger partial charge in [0.05, 0.1) is 13.2 Å². The molecule has 1 aromatic carbocycles. The lowest BCUT2D eigenvalue weighted by Crippen LogP contribution is -2.50. The molecule has 0 spiro atoms. The molecule has 2 N–H and O–H groups in total. The molecule has 0 bridgehead atoms. The van der Waals surface area contributed by atoms with E-state index in [1.165, 1.54) is 6.92 Å². The Kier molecular flexibility index (Phi) is 6.63. The lowest BCUT2D eigenvalue weighted by molar-refractivity contribution is -0.268. The number of alkyl halides is 3. The molecule has 0 aliphatic rings. The smallest absolute Gasteiger partial charge is 0.432 e. The van der Waals surface area contributed by atoms with Gasteiger partial charge in [-0.2, -0.15) is 13.2 Å². The molecular formula is C15H17F3O7. The Morgan fingerprint density at radius 1 is 1.12 bits per heavy atom. The second-order valence-electron chi connectivity index (χ2n) is 4.70. The van der Waals surface area contributed by atoms with Gasteiger partial charge in [-0.05, 0) is 26.0 Å². The number of aromatic hydroxyl groups is 1. The summed E-state index contributed by atoms with van der Waals surface area (Å²) in [5.41, 5.74) is -5.17. The predicted molar refractivity (Wildman–Crippen MR) is 76.8 cm³/mol. The molecule has 0 aliphatic heterocycles. The number of rotatable bonds is 7. The Morgan fingerprint density at radius 3 is 2.20 bits per heavy atom. The first kappa shape index (κ1) is 20.6. The third-order valence-corrected chi connectivity index (χ3v) is 3.00. The standard InChI is InChI=1S/C15H17F3O7/c1-3-23-12(20)8-25-9-5-6-10(11(19)7-9)14(22,15(16,17)18)13(21)24-4-2/h5-7,19,22H,3-4,8H2,1-2H3/t14-/m0/s1. The number of aliphatic hydroxyl groups is 1. The number of benzene rings is 1. The monoisotopic (exact) mass is 366 g/mol. The molecule has 1 atom stereocenters. The van der Waals surface area contributed by atoms with E-state index < -0.39 is 48.2 Å². The van der Waals surface area contributed by atoms with E-state index in [9.17, 15) is 33.0 Å². The van der Waals surface area contributed by atoms with Crippen molar-refractivity contribution < 1.29 is 47.2 Å². The van der Waals surface area contributed by atoms with Crippen LogP contribution in [0, 0.1) is 0 Å². The fourth-order valence-electron chi connectivity index (χ4n) is 1.87. The lowest BCUT2D eigenvalue weighted by Gasteiger charge is -2.29. The van der Waals surface area contributed by atoms with Crippen LogP contribution in [0.4, 0.5) is 13.2 Å². The molecule has 0 amide bonds. The van der Waals surface area contributed by atoms with Crippen molar-refractivity contribution in [2.45, 2.75) is 25.6 Å². The maximum atomic E-state index is 13.2. The fraction of sp³-hybridized carbons (Fsp3) is 0.467. The molecule has 1 rings (SSSR count). The van der Waals surface area contributed by atoms with Gasteiger partial charge in [-0.1, -0.05) is 0 Å². The second-order valence-corrected chi connectivity index (χ2v) is 4.70. The van der Waals surface area contributed by atoms with Crippen LogP contribution < -0.4 is 4.74 Å². The molecule has 0 radical (unpaired) electrons. The van der Waals surface area contributed by atoms with Crippen molar-refractivity contribution in [1.29, 1.82) is 0 Å². The highest BCUT2D eigenvalue weighted by Crippen LogP contribution is 2.44. The van der Waals surface area contributed by atoms with E-state index in [0.717, 1.165) is 12.1 Å². The minimum absolute atomic E-state index is 0.116. The number of phenols is 1. The van der Waals surface area contributed by atoms with Crippen LogP contribution in [0.2, 0.25) is 0 Å². The number of phenolic OH excluding ortho intramolecular Hbond substituents is 1. The van der Waals surface area contributed by atoms with Gasteiger partial charge in [-0.3, -0.25) is 0 Å². The molecule has 0 unspecified atom stereocenters. The first-order valence-electron chi connectivity index (χ1n) is 7.16. The minimum atomic E-state index is -5.44. The van der Waals surface area contributed by atoms with Gasteiger partial charge in [0.15, 0.2) is 6.61 Å². The molecular weight excluding hydrogens is 349 g/mol. The number of hydrogen-bond acceptors (Lipinski definition) is 7. The summed E-state index contributed by atoms with van der Waals surface area (Å²) in [6, 6.07) is 2.33. The fourth-order valence-corrected chi connectivity index (χ4v) is 1.87. The van der Waals surface area contributed by atoms with E-state index >= 15 is 0 Å². The summed E-state index contributed by atoms with van der Waals surface area (Å²) < 4.78 is 53.5. The van der Waals surface area contributed by atoms with Gasteiger partial charge in [0.2, 0.25) is 0 Å². The van der Waals surface area contributed by atoms with Crippen LogP contribution in [0.5, 0.6) is 11.5 Å². The van der Waals surface area contributed by atoms with E-state index in [1.807, 2.05) is 0 Å². The summed E-state index contributed by atoms with van der Waals surface area (Å²) in [6.07, 6.45) is -5.44. The second kappa shape index (κ2) is 8.06. The SMILES string of the molecule is CCOC(=O)COc1ccc([C@](O)(C(=O)OCC)C(F)(F)F)c(O)c1. The zero-order valence-corrected chi connectivity index (χ0v) is 13.4. The predicted octanol–water partition coefficient (Wildman–Crippen LogP) is 1.65. The number of halogens is 3. The van der Waals surface area contributed by atoms with Gasteiger partial charge in [0.1, 0.15) is 11.5 Å². The van der Waals surface area contributed by atoms with Crippen LogP contribution in [0.15, 0.2) is 18.2 Å². The molecule has 25 heavy (non-hydrogen) atoms. The first-order valence-corrected chi connectivity index (χ1v) is 7.16. The van der Waals surface area contributed by atoms with Crippen molar-refractivity contribution in [3.05, 3.63) is 23.8 Å². The van der Waals surface area contributed by atoms with E-state index in [0.29, 0.717) is 6.07 Å². The minimum Gasteiger partial charge on any atom is -0.507 e. The molecule has 1 aromatic rings. The van der Waals surface area contributed by atoms with Gasteiger partial charge < -0.3 is 24.4 Å².